The Balaban J connectivity index is 1.21. The van der Waals surface area contributed by atoms with Crippen LogP contribution in [-0.4, -0.2) is 62.7 Å². The van der Waals surface area contributed by atoms with Crippen molar-refractivity contribution in [3.63, 3.8) is 0 Å². The summed E-state index contributed by atoms with van der Waals surface area (Å²) in [7, 11) is 3.73. The Morgan fingerprint density at radius 3 is 2.59 bits per heavy atom. The van der Waals surface area contributed by atoms with Crippen LogP contribution in [0, 0.1) is 19.7 Å². The number of ether oxygens (including phenoxy) is 1. The molecule has 2 heterocycles. The third-order valence-electron chi connectivity index (χ3n) is 9.58. The lowest BCUT2D eigenvalue weighted by atomic mass is 9.83. The van der Waals surface area contributed by atoms with Crippen molar-refractivity contribution >= 4 is 17.2 Å². The number of anilines is 1. The molecule has 1 saturated carbocycles. The average molecular weight is 597 g/mol. The number of nitrogens with zero attached hydrogens (tertiary/aromatic N) is 2. The smallest absolute Gasteiger partial charge is 0.252 e. The highest BCUT2D eigenvalue weighted by molar-refractivity contribution is 6.03. The lowest BCUT2D eigenvalue weighted by Crippen LogP contribution is -2.60. The summed E-state index contributed by atoms with van der Waals surface area (Å²) >= 11 is 0. The summed E-state index contributed by atoms with van der Waals surface area (Å²) in [4.78, 5) is 18.8. The van der Waals surface area contributed by atoms with E-state index >= 15 is 0 Å². The topological polar surface area (TPSA) is 56.8 Å². The second-order valence-corrected chi connectivity index (χ2v) is 12.7. The van der Waals surface area contributed by atoms with Gasteiger partial charge in [0.05, 0.1) is 13.2 Å². The highest BCUT2D eigenvalue weighted by atomic mass is 19.1. The number of carbonyl (C=O) groups excluding carboxylic acids is 1. The first-order valence-corrected chi connectivity index (χ1v) is 16.0. The van der Waals surface area contributed by atoms with Crippen LogP contribution in [0.4, 0.5) is 10.1 Å². The van der Waals surface area contributed by atoms with E-state index in [-0.39, 0.29) is 23.8 Å². The van der Waals surface area contributed by atoms with Crippen LogP contribution < -0.4 is 20.3 Å². The second-order valence-electron chi connectivity index (χ2n) is 12.7. The number of hydrogen-bond donors (Lipinski definition) is 2. The first-order chi connectivity index (χ1) is 21.3. The summed E-state index contributed by atoms with van der Waals surface area (Å²) in [5, 5.41) is 7.30. The minimum atomic E-state index is -0.200. The van der Waals surface area contributed by atoms with Gasteiger partial charge in [0.15, 0.2) is 0 Å². The molecule has 7 heteroatoms. The number of aryl methyl sites for hydroxylation is 2. The highest BCUT2D eigenvalue weighted by Crippen LogP contribution is 2.37. The van der Waals surface area contributed by atoms with Gasteiger partial charge in [0.2, 0.25) is 0 Å². The van der Waals surface area contributed by atoms with E-state index in [2.05, 4.69) is 57.7 Å². The molecule has 3 aliphatic rings. The van der Waals surface area contributed by atoms with E-state index in [0.717, 1.165) is 91.0 Å². The molecule has 1 aliphatic carbocycles. The Bertz CT molecular complexity index is 1530. The maximum absolute atomic E-state index is 14.5. The highest BCUT2D eigenvalue weighted by Gasteiger charge is 2.41. The van der Waals surface area contributed by atoms with Gasteiger partial charge < -0.3 is 25.2 Å². The van der Waals surface area contributed by atoms with Crippen LogP contribution in [0.15, 0.2) is 66.2 Å². The normalized spacial score (nSPS) is 19.6. The van der Waals surface area contributed by atoms with E-state index in [9.17, 15) is 9.18 Å². The standard InChI is InChI=1S/C37H45FN4O2/c1-24-10-15-29(38)19-34(24)41(3)18-6-7-26-11-13-27(14-12-26)32-20-30-21-39-22-33(40-30)36(32)37(43)42(31-16-17-31)23-28-8-5-9-35(44-4)25(28)2/h5,8-15,19,30-31,33,39-40H,6-7,16-18,20-23H2,1-4H3/t30-,33+/m0/s1. The first-order valence-electron chi connectivity index (χ1n) is 16.0. The zero-order chi connectivity index (χ0) is 30.8. The summed E-state index contributed by atoms with van der Waals surface area (Å²) < 4.78 is 19.4. The van der Waals surface area contributed by atoms with Crippen LogP contribution >= 0.6 is 0 Å². The number of fused-ring (bicyclic) bond motifs is 2. The SMILES string of the molecule is COc1cccc(CN(C(=O)C2=C(c3ccc(CCCN(C)c4cc(F)ccc4C)cc3)C[C@H]3CNC[C@H]2N3)C2CC2)c1C. The molecule has 3 aromatic rings. The molecule has 2 N–H and O–H groups in total. The molecule has 2 atom stereocenters. The minimum Gasteiger partial charge on any atom is -0.496 e. The van der Waals surface area contributed by atoms with Crippen molar-refractivity contribution in [2.45, 2.75) is 70.6 Å². The van der Waals surface area contributed by atoms with Crippen molar-refractivity contribution in [2.24, 2.45) is 0 Å². The molecular formula is C37H45FN4O2. The number of amides is 1. The molecule has 6 nitrogen and oxygen atoms in total. The number of nitrogens with one attached hydrogen (secondary N) is 2. The van der Waals surface area contributed by atoms with Gasteiger partial charge in [-0.25, -0.2) is 4.39 Å². The molecule has 3 aromatic carbocycles. The monoisotopic (exact) mass is 596 g/mol. The van der Waals surface area contributed by atoms with Gasteiger partial charge in [-0.05, 0) is 97.5 Å². The Kier molecular flexibility index (Phi) is 9.06. The predicted octanol–water partition coefficient (Wildman–Crippen LogP) is 5.80. The van der Waals surface area contributed by atoms with Gasteiger partial charge in [-0.15, -0.1) is 0 Å². The third kappa shape index (κ3) is 6.54. The van der Waals surface area contributed by atoms with Crippen molar-refractivity contribution in [1.82, 2.24) is 15.5 Å². The van der Waals surface area contributed by atoms with E-state index in [4.69, 9.17) is 4.74 Å². The number of halogens is 1. The van der Waals surface area contributed by atoms with Crippen molar-refractivity contribution in [2.75, 3.05) is 38.7 Å². The molecule has 0 spiro atoms. The van der Waals surface area contributed by atoms with Crippen LogP contribution in [0.2, 0.25) is 0 Å². The summed E-state index contributed by atoms with van der Waals surface area (Å²) in [5.74, 6) is 0.817. The fourth-order valence-electron chi connectivity index (χ4n) is 6.89. The number of rotatable bonds is 11. The van der Waals surface area contributed by atoms with Gasteiger partial charge >= 0.3 is 0 Å². The maximum atomic E-state index is 14.5. The summed E-state index contributed by atoms with van der Waals surface area (Å²) in [6, 6.07) is 20.5. The predicted molar refractivity (Wildman–Crippen MR) is 176 cm³/mol. The zero-order valence-electron chi connectivity index (χ0n) is 26.5. The Hall–Kier alpha value is -3.68. The Morgan fingerprint density at radius 2 is 1.84 bits per heavy atom. The van der Waals surface area contributed by atoms with E-state index < -0.39 is 0 Å². The molecule has 232 valence electrons. The molecular weight excluding hydrogens is 551 g/mol. The van der Waals surface area contributed by atoms with Crippen molar-refractivity contribution < 1.29 is 13.9 Å². The lowest BCUT2D eigenvalue weighted by molar-refractivity contribution is -0.128. The molecule has 0 unspecified atom stereocenters. The van der Waals surface area contributed by atoms with Crippen LogP contribution in [0.1, 0.15) is 53.5 Å². The Morgan fingerprint density at radius 1 is 1.05 bits per heavy atom. The average Bonchev–Trinajstić information content (AvgIpc) is 3.87. The van der Waals surface area contributed by atoms with Crippen molar-refractivity contribution in [3.05, 3.63) is 99.9 Å². The van der Waals surface area contributed by atoms with Gasteiger partial charge in [0.25, 0.3) is 5.91 Å². The van der Waals surface area contributed by atoms with Gasteiger partial charge in [-0.3, -0.25) is 4.79 Å². The minimum absolute atomic E-state index is 0.000787. The fraction of sp³-hybridized carbons (Fsp3) is 0.432. The van der Waals surface area contributed by atoms with E-state index in [0.29, 0.717) is 12.6 Å². The number of hydrogen-bond acceptors (Lipinski definition) is 5. The van der Waals surface area contributed by atoms with Crippen LogP contribution in [0.25, 0.3) is 5.57 Å². The molecule has 2 bridgehead atoms. The quantitative estimate of drug-likeness (QED) is 0.293. The maximum Gasteiger partial charge on any atom is 0.252 e. The zero-order valence-corrected chi connectivity index (χ0v) is 26.5. The van der Waals surface area contributed by atoms with Gasteiger partial charge in [-0.2, -0.15) is 0 Å². The molecule has 44 heavy (non-hydrogen) atoms. The Labute approximate surface area is 261 Å². The number of carbonyl (C=O) groups is 1. The number of methoxy groups -OCH3 is 1. The first kappa shape index (κ1) is 30.4. The molecule has 1 amide bonds. The van der Waals surface area contributed by atoms with Gasteiger partial charge in [0.1, 0.15) is 11.6 Å². The van der Waals surface area contributed by atoms with E-state index in [1.807, 2.05) is 32.2 Å². The summed E-state index contributed by atoms with van der Waals surface area (Å²) in [6.07, 6.45) is 4.85. The van der Waals surface area contributed by atoms with Crippen molar-refractivity contribution in [1.29, 1.82) is 0 Å². The van der Waals surface area contributed by atoms with Crippen LogP contribution in [0.3, 0.4) is 0 Å². The van der Waals surface area contributed by atoms with Crippen molar-refractivity contribution in [3.8, 4) is 5.75 Å². The number of piperazine rings is 1. The molecule has 1 saturated heterocycles. The molecule has 6 rings (SSSR count). The summed E-state index contributed by atoms with van der Waals surface area (Å²) in [6.45, 7) is 7.21. The fourth-order valence-corrected chi connectivity index (χ4v) is 6.89. The molecule has 2 fully saturated rings. The van der Waals surface area contributed by atoms with Crippen LogP contribution in [-0.2, 0) is 17.8 Å². The molecule has 0 radical (unpaired) electrons. The summed E-state index contributed by atoms with van der Waals surface area (Å²) in [5.41, 5.74) is 8.78. The molecule has 0 aromatic heterocycles. The van der Waals surface area contributed by atoms with Gasteiger partial charge in [-0.1, -0.05) is 42.5 Å². The lowest BCUT2D eigenvalue weighted by Gasteiger charge is -2.41. The number of benzene rings is 3. The van der Waals surface area contributed by atoms with E-state index in [1.165, 1.54) is 17.2 Å². The largest absolute Gasteiger partial charge is 0.496 e. The second kappa shape index (κ2) is 13.1. The van der Waals surface area contributed by atoms with Gasteiger partial charge in [0, 0.05) is 56.6 Å². The van der Waals surface area contributed by atoms with E-state index in [1.54, 1.807) is 13.2 Å². The molecule has 2 aliphatic heterocycles. The van der Waals surface area contributed by atoms with Crippen LogP contribution in [0.5, 0.6) is 5.75 Å². The third-order valence-corrected chi connectivity index (χ3v) is 9.58.